The summed E-state index contributed by atoms with van der Waals surface area (Å²) in [6.45, 7) is 4.86. The molecule has 0 aliphatic carbocycles. The zero-order valence-electron chi connectivity index (χ0n) is 17.3. The van der Waals surface area contributed by atoms with E-state index in [0.717, 1.165) is 0 Å². The second kappa shape index (κ2) is 8.41. The fourth-order valence-electron chi connectivity index (χ4n) is 4.54. The number of primary amides is 1. The monoisotopic (exact) mass is 412 g/mol. The number of hydrogen-bond acceptors (Lipinski definition) is 6. The molecule has 0 bridgehead atoms. The van der Waals surface area contributed by atoms with Gasteiger partial charge >= 0.3 is 0 Å². The number of rotatable bonds is 4. The molecule has 2 fully saturated rings. The molecule has 2 amide bonds. The smallest absolute Gasteiger partial charge is 0.295 e. The number of hydrogen-bond donors (Lipinski definition) is 1. The van der Waals surface area contributed by atoms with Crippen molar-refractivity contribution in [3.8, 4) is 0 Å². The Morgan fingerprint density at radius 1 is 1.10 bits per heavy atom. The molecule has 0 aromatic carbocycles. The van der Waals surface area contributed by atoms with Gasteiger partial charge in [0.05, 0.1) is 0 Å². The minimum absolute atomic E-state index is 0.0538. The van der Waals surface area contributed by atoms with Crippen LogP contribution in [0.4, 0.5) is 5.82 Å². The molecule has 0 radical (unpaired) electrons. The van der Waals surface area contributed by atoms with E-state index < -0.39 is 0 Å². The molecule has 160 valence electrons. The van der Waals surface area contributed by atoms with Gasteiger partial charge < -0.3 is 15.5 Å². The Bertz CT molecular complexity index is 1000. The summed E-state index contributed by atoms with van der Waals surface area (Å²) < 4.78 is 1.65. The van der Waals surface area contributed by atoms with Crippen molar-refractivity contribution in [2.45, 2.75) is 39.2 Å². The van der Waals surface area contributed by atoms with Crippen LogP contribution in [0.2, 0.25) is 0 Å². The van der Waals surface area contributed by atoms with Crippen molar-refractivity contribution in [3.63, 3.8) is 0 Å². The highest BCUT2D eigenvalue weighted by atomic mass is 16.2. The molecule has 4 heterocycles. The van der Waals surface area contributed by atoms with E-state index in [9.17, 15) is 14.4 Å². The molecule has 2 saturated heterocycles. The first-order chi connectivity index (χ1) is 14.5. The zero-order chi connectivity index (χ0) is 21.3. The van der Waals surface area contributed by atoms with Gasteiger partial charge in [-0.2, -0.15) is 0 Å². The summed E-state index contributed by atoms with van der Waals surface area (Å²) in [5.74, 6) is 0.142. The summed E-state index contributed by atoms with van der Waals surface area (Å²) in [7, 11) is 0. The third-order valence-corrected chi connectivity index (χ3v) is 6.35. The molecule has 2 aliphatic heterocycles. The molecular weight excluding hydrogens is 384 g/mol. The third kappa shape index (κ3) is 3.76. The van der Waals surface area contributed by atoms with Crippen LogP contribution >= 0.6 is 0 Å². The summed E-state index contributed by atoms with van der Waals surface area (Å²) >= 11 is 0. The van der Waals surface area contributed by atoms with Crippen LogP contribution in [0.15, 0.2) is 23.1 Å². The molecular formula is C21H28N6O3. The van der Waals surface area contributed by atoms with Crippen molar-refractivity contribution >= 4 is 28.8 Å². The number of nitrogens with zero attached hydrogens (tertiary/aromatic N) is 5. The second-order valence-corrected chi connectivity index (χ2v) is 8.09. The van der Waals surface area contributed by atoms with Crippen LogP contribution in [0, 0.1) is 11.8 Å². The zero-order valence-corrected chi connectivity index (χ0v) is 17.3. The van der Waals surface area contributed by atoms with Crippen molar-refractivity contribution in [2.24, 2.45) is 17.6 Å². The molecule has 0 saturated carbocycles. The van der Waals surface area contributed by atoms with E-state index in [0.29, 0.717) is 75.4 Å². The van der Waals surface area contributed by atoms with Crippen LogP contribution in [0.1, 0.15) is 32.6 Å². The van der Waals surface area contributed by atoms with Gasteiger partial charge in [0.25, 0.3) is 5.56 Å². The van der Waals surface area contributed by atoms with Gasteiger partial charge in [-0.1, -0.05) is 0 Å². The highest BCUT2D eigenvalue weighted by molar-refractivity contribution is 5.80. The number of carbonyl (C=O) groups excluding carboxylic acids is 2. The molecule has 0 unspecified atom stereocenters. The first-order valence-corrected chi connectivity index (χ1v) is 10.7. The molecule has 30 heavy (non-hydrogen) atoms. The van der Waals surface area contributed by atoms with E-state index in [1.165, 1.54) is 0 Å². The van der Waals surface area contributed by atoms with Crippen LogP contribution < -0.4 is 16.2 Å². The lowest BCUT2D eigenvalue weighted by Crippen LogP contribution is -2.47. The lowest BCUT2D eigenvalue weighted by Gasteiger charge is -2.37. The Morgan fingerprint density at radius 2 is 1.77 bits per heavy atom. The fourth-order valence-corrected chi connectivity index (χ4v) is 4.54. The normalized spacial score (nSPS) is 18.7. The van der Waals surface area contributed by atoms with Crippen LogP contribution in [-0.4, -0.2) is 57.4 Å². The van der Waals surface area contributed by atoms with Crippen LogP contribution in [0.3, 0.4) is 0 Å². The Labute approximate surface area is 174 Å². The standard InChI is InChI=1S/C21H28N6O3/c1-2-27-18-16(4-3-9-23-18)24-19(21(27)30)25-10-7-15(8-11-25)20(29)26-12-5-14(6-13-26)17(22)28/h3-4,9,14-15H,2,5-8,10-13H2,1H3,(H2,22,28). The van der Waals surface area contributed by atoms with E-state index in [2.05, 4.69) is 9.97 Å². The number of aromatic nitrogens is 3. The van der Waals surface area contributed by atoms with E-state index in [-0.39, 0.29) is 29.2 Å². The van der Waals surface area contributed by atoms with E-state index in [1.54, 1.807) is 10.8 Å². The second-order valence-electron chi connectivity index (χ2n) is 8.09. The number of fused-ring (bicyclic) bond motifs is 1. The van der Waals surface area contributed by atoms with Crippen molar-refractivity contribution < 1.29 is 9.59 Å². The summed E-state index contributed by atoms with van der Waals surface area (Å²) in [6, 6.07) is 3.68. The summed E-state index contributed by atoms with van der Waals surface area (Å²) in [4.78, 5) is 50.0. The number of anilines is 1. The van der Waals surface area contributed by atoms with Gasteiger partial charge in [-0.3, -0.25) is 19.0 Å². The van der Waals surface area contributed by atoms with Gasteiger partial charge in [-0.25, -0.2) is 9.97 Å². The average molecular weight is 412 g/mol. The maximum atomic E-state index is 13.0. The quantitative estimate of drug-likeness (QED) is 0.793. The lowest BCUT2D eigenvalue weighted by molar-refractivity contribution is -0.139. The number of pyridine rings is 1. The van der Waals surface area contributed by atoms with E-state index in [1.807, 2.05) is 28.9 Å². The van der Waals surface area contributed by atoms with Gasteiger partial charge in [0.2, 0.25) is 11.8 Å². The Balaban J connectivity index is 1.44. The molecule has 2 aliphatic rings. The predicted octanol–water partition coefficient (Wildman–Crippen LogP) is 0.752. The maximum Gasteiger partial charge on any atom is 0.295 e. The molecule has 9 heteroatoms. The molecule has 9 nitrogen and oxygen atoms in total. The van der Waals surface area contributed by atoms with Crippen molar-refractivity contribution in [2.75, 3.05) is 31.1 Å². The fraction of sp³-hybridized carbons (Fsp3) is 0.571. The highest BCUT2D eigenvalue weighted by Crippen LogP contribution is 2.25. The summed E-state index contributed by atoms with van der Waals surface area (Å²) in [5, 5.41) is 0. The number of nitrogens with two attached hydrogens (primary N) is 1. The maximum absolute atomic E-state index is 13.0. The topological polar surface area (TPSA) is 114 Å². The highest BCUT2D eigenvalue weighted by Gasteiger charge is 2.33. The van der Waals surface area contributed by atoms with Crippen molar-refractivity contribution in [1.29, 1.82) is 0 Å². The molecule has 2 N–H and O–H groups in total. The number of carbonyl (C=O) groups is 2. The SMILES string of the molecule is CCn1c(=O)c(N2CCC(C(=O)N3CCC(C(N)=O)CC3)CC2)nc2cccnc21. The molecule has 4 rings (SSSR count). The number of piperidine rings is 2. The predicted molar refractivity (Wildman–Crippen MR) is 113 cm³/mol. The molecule has 0 atom stereocenters. The first-order valence-electron chi connectivity index (χ1n) is 10.7. The van der Waals surface area contributed by atoms with Gasteiger partial charge in [0.1, 0.15) is 5.52 Å². The third-order valence-electron chi connectivity index (χ3n) is 6.35. The van der Waals surface area contributed by atoms with Gasteiger partial charge in [-0.05, 0) is 44.7 Å². The molecule has 2 aromatic rings. The Hall–Kier alpha value is -2.97. The van der Waals surface area contributed by atoms with Gasteiger partial charge in [0, 0.05) is 50.8 Å². The number of amides is 2. The van der Waals surface area contributed by atoms with Gasteiger partial charge in [0.15, 0.2) is 11.5 Å². The summed E-state index contributed by atoms with van der Waals surface area (Å²) in [5.41, 5.74) is 6.54. The van der Waals surface area contributed by atoms with E-state index in [4.69, 9.17) is 5.73 Å². The van der Waals surface area contributed by atoms with Crippen LogP contribution in [0.25, 0.3) is 11.2 Å². The molecule has 0 spiro atoms. The minimum atomic E-state index is -0.272. The minimum Gasteiger partial charge on any atom is -0.369 e. The average Bonchev–Trinajstić information content (AvgIpc) is 2.78. The van der Waals surface area contributed by atoms with E-state index >= 15 is 0 Å². The lowest BCUT2D eigenvalue weighted by atomic mass is 9.92. The number of aryl methyl sites for hydroxylation is 1. The van der Waals surface area contributed by atoms with Crippen molar-refractivity contribution in [3.05, 3.63) is 28.7 Å². The largest absolute Gasteiger partial charge is 0.369 e. The molecule has 2 aromatic heterocycles. The summed E-state index contributed by atoms with van der Waals surface area (Å²) in [6.07, 6.45) is 4.33. The van der Waals surface area contributed by atoms with Crippen LogP contribution in [0.5, 0.6) is 0 Å². The van der Waals surface area contributed by atoms with Crippen molar-refractivity contribution in [1.82, 2.24) is 19.4 Å². The number of likely N-dealkylation sites (tertiary alicyclic amines) is 1. The Kier molecular flexibility index (Phi) is 5.69. The first kappa shape index (κ1) is 20.3. The van der Waals surface area contributed by atoms with Gasteiger partial charge in [-0.15, -0.1) is 0 Å². The van der Waals surface area contributed by atoms with Crippen LogP contribution in [-0.2, 0) is 16.1 Å². The Morgan fingerprint density at radius 3 is 2.40 bits per heavy atom.